The van der Waals surface area contributed by atoms with Crippen LogP contribution in [0.1, 0.15) is 38.8 Å². The summed E-state index contributed by atoms with van der Waals surface area (Å²) in [6.07, 6.45) is 1.80. The van der Waals surface area contributed by atoms with Gasteiger partial charge in [0.2, 0.25) is 0 Å². The highest BCUT2D eigenvalue weighted by Crippen LogP contribution is 2.23. The monoisotopic (exact) mass is 359 g/mol. The molecule has 0 saturated heterocycles. The second kappa shape index (κ2) is 8.41. The molecule has 3 aromatic rings. The summed E-state index contributed by atoms with van der Waals surface area (Å²) >= 11 is 0. The number of nitrogens with zero attached hydrogens (tertiary/aromatic N) is 1. The number of aryl methyl sites for hydroxylation is 1. The Morgan fingerprint density at radius 1 is 0.926 bits per heavy atom. The van der Waals surface area contributed by atoms with Crippen LogP contribution in [0.3, 0.4) is 0 Å². The Labute approximate surface area is 158 Å². The Balaban J connectivity index is 1.84. The lowest BCUT2D eigenvalue weighted by Crippen LogP contribution is -2.06. The normalized spacial score (nSPS) is 10.4. The lowest BCUT2D eigenvalue weighted by Gasteiger charge is -2.09. The van der Waals surface area contributed by atoms with Crippen LogP contribution in [-0.4, -0.2) is 23.3 Å². The van der Waals surface area contributed by atoms with Crippen molar-refractivity contribution in [1.82, 2.24) is 4.98 Å². The predicted molar refractivity (Wildman–Crippen MR) is 105 cm³/mol. The van der Waals surface area contributed by atoms with Gasteiger partial charge in [-0.2, -0.15) is 0 Å². The summed E-state index contributed by atoms with van der Waals surface area (Å²) in [7, 11) is 0. The minimum Gasteiger partial charge on any atom is -0.462 e. The zero-order chi connectivity index (χ0) is 19.2. The van der Waals surface area contributed by atoms with Crippen LogP contribution in [0.25, 0.3) is 11.3 Å². The van der Waals surface area contributed by atoms with E-state index >= 15 is 0 Å². The molecule has 27 heavy (non-hydrogen) atoms. The number of carbonyl (C=O) groups excluding carboxylic acids is 2. The molecule has 0 radical (unpaired) electrons. The Kier molecular flexibility index (Phi) is 5.77. The van der Waals surface area contributed by atoms with Crippen LogP contribution in [0, 0.1) is 6.92 Å². The zero-order valence-electron chi connectivity index (χ0n) is 15.4. The summed E-state index contributed by atoms with van der Waals surface area (Å²) in [5, 5.41) is 0. The Hall–Kier alpha value is -3.27. The topological polar surface area (TPSA) is 56.3 Å². The third-order valence-corrected chi connectivity index (χ3v) is 4.29. The number of ketones is 1. The summed E-state index contributed by atoms with van der Waals surface area (Å²) in [6, 6.07) is 18.8. The number of rotatable bonds is 6. The highest BCUT2D eigenvalue weighted by atomic mass is 16.5. The average molecular weight is 359 g/mol. The number of hydrogen-bond acceptors (Lipinski definition) is 4. The van der Waals surface area contributed by atoms with Crippen LogP contribution >= 0.6 is 0 Å². The fourth-order valence-electron chi connectivity index (χ4n) is 2.83. The first-order chi connectivity index (χ1) is 13.1. The van der Waals surface area contributed by atoms with Gasteiger partial charge in [0.1, 0.15) is 0 Å². The largest absolute Gasteiger partial charge is 0.462 e. The van der Waals surface area contributed by atoms with Crippen molar-refractivity contribution in [3.05, 3.63) is 89.1 Å². The van der Waals surface area contributed by atoms with Crippen molar-refractivity contribution in [2.45, 2.75) is 20.3 Å². The van der Waals surface area contributed by atoms with Gasteiger partial charge in [-0.3, -0.25) is 9.78 Å². The van der Waals surface area contributed by atoms with Gasteiger partial charge in [-0.25, -0.2) is 4.79 Å². The van der Waals surface area contributed by atoms with Crippen LogP contribution in [0.5, 0.6) is 0 Å². The van der Waals surface area contributed by atoms with Crippen LogP contribution in [0.15, 0.2) is 66.9 Å². The average Bonchev–Trinajstić information content (AvgIpc) is 2.69. The SMILES string of the molecule is CCOC(=O)c1ccc(-c2ccccc2CC(=O)c2ccc(C)cc2)nc1. The molecule has 4 nitrogen and oxygen atoms in total. The molecule has 0 aliphatic heterocycles. The highest BCUT2D eigenvalue weighted by Gasteiger charge is 2.13. The van der Waals surface area contributed by atoms with Gasteiger partial charge >= 0.3 is 5.97 Å². The zero-order valence-corrected chi connectivity index (χ0v) is 15.4. The number of ether oxygens (including phenoxy) is 1. The molecule has 1 heterocycles. The number of esters is 1. The van der Waals surface area contributed by atoms with Crippen molar-refractivity contribution in [3.8, 4) is 11.3 Å². The van der Waals surface area contributed by atoms with Gasteiger partial charge < -0.3 is 4.74 Å². The maximum Gasteiger partial charge on any atom is 0.339 e. The summed E-state index contributed by atoms with van der Waals surface area (Å²) in [6.45, 7) is 4.08. The lowest BCUT2D eigenvalue weighted by atomic mass is 9.96. The molecule has 2 aromatic carbocycles. The van der Waals surface area contributed by atoms with Gasteiger partial charge in [-0.1, -0.05) is 54.1 Å². The molecule has 1 aromatic heterocycles. The quantitative estimate of drug-likeness (QED) is 0.474. The fourth-order valence-corrected chi connectivity index (χ4v) is 2.83. The van der Waals surface area contributed by atoms with E-state index in [4.69, 9.17) is 4.74 Å². The van der Waals surface area contributed by atoms with Crippen molar-refractivity contribution in [3.63, 3.8) is 0 Å². The van der Waals surface area contributed by atoms with Gasteiger partial charge in [0.15, 0.2) is 5.78 Å². The third-order valence-electron chi connectivity index (χ3n) is 4.29. The van der Waals surface area contributed by atoms with Gasteiger partial charge in [-0.15, -0.1) is 0 Å². The standard InChI is InChI=1S/C23H21NO3/c1-3-27-23(26)19-12-13-21(24-15-19)20-7-5-4-6-18(20)14-22(25)17-10-8-16(2)9-11-17/h4-13,15H,3,14H2,1-2H3. The number of hydrogen-bond donors (Lipinski definition) is 0. The van der Waals surface area contributed by atoms with E-state index in [2.05, 4.69) is 4.98 Å². The predicted octanol–water partition coefficient (Wildman–Crippen LogP) is 4.66. The number of benzene rings is 2. The second-order valence-electron chi connectivity index (χ2n) is 6.28. The minimum atomic E-state index is -0.389. The fraction of sp³-hybridized carbons (Fsp3) is 0.174. The van der Waals surface area contributed by atoms with E-state index in [0.29, 0.717) is 24.2 Å². The highest BCUT2D eigenvalue weighted by molar-refractivity contribution is 5.98. The Bertz CT molecular complexity index is 944. The molecule has 0 amide bonds. The first kappa shape index (κ1) is 18.5. The van der Waals surface area contributed by atoms with Gasteiger partial charge in [0.25, 0.3) is 0 Å². The van der Waals surface area contributed by atoms with E-state index in [0.717, 1.165) is 22.4 Å². The molecule has 0 N–H and O–H groups in total. The first-order valence-corrected chi connectivity index (χ1v) is 8.90. The molecule has 0 spiro atoms. The van der Waals surface area contributed by atoms with Crippen LogP contribution in [-0.2, 0) is 11.2 Å². The number of pyridine rings is 1. The molecule has 3 rings (SSSR count). The van der Waals surface area contributed by atoms with Crippen molar-refractivity contribution in [2.75, 3.05) is 6.61 Å². The van der Waals surface area contributed by atoms with Crippen LogP contribution in [0.4, 0.5) is 0 Å². The van der Waals surface area contributed by atoms with Crippen LogP contribution < -0.4 is 0 Å². The molecule has 0 bridgehead atoms. The van der Waals surface area contributed by atoms with Crippen molar-refractivity contribution in [2.24, 2.45) is 0 Å². The first-order valence-electron chi connectivity index (χ1n) is 8.90. The smallest absolute Gasteiger partial charge is 0.339 e. The van der Waals surface area contributed by atoms with E-state index in [9.17, 15) is 9.59 Å². The lowest BCUT2D eigenvalue weighted by molar-refractivity contribution is 0.0526. The molecule has 136 valence electrons. The van der Waals surface area contributed by atoms with Crippen LogP contribution in [0.2, 0.25) is 0 Å². The maximum absolute atomic E-state index is 12.6. The molecule has 0 unspecified atom stereocenters. The molecule has 0 fully saturated rings. The van der Waals surface area contributed by atoms with E-state index in [1.807, 2.05) is 55.5 Å². The number of aromatic nitrogens is 1. The van der Waals surface area contributed by atoms with E-state index in [1.54, 1.807) is 19.1 Å². The molecule has 0 saturated carbocycles. The molecule has 0 aliphatic rings. The van der Waals surface area contributed by atoms with Gasteiger partial charge in [0, 0.05) is 23.7 Å². The van der Waals surface area contributed by atoms with Gasteiger partial charge in [0.05, 0.1) is 17.9 Å². The molecule has 0 aliphatic carbocycles. The summed E-state index contributed by atoms with van der Waals surface area (Å²) in [4.78, 5) is 28.8. The van der Waals surface area contributed by atoms with E-state index < -0.39 is 0 Å². The molecule has 4 heteroatoms. The molecular weight excluding hydrogens is 338 g/mol. The third kappa shape index (κ3) is 4.47. The molecular formula is C23H21NO3. The van der Waals surface area contributed by atoms with Crippen molar-refractivity contribution < 1.29 is 14.3 Å². The number of carbonyl (C=O) groups is 2. The summed E-state index contributed by atoms with van der Waals surface area (Å²) < 4.78 is 4.98. The van der Waals surface area contributed by atoms with Crippen molar-refractivity contribution >= 4 is 11.8 Å². The van der Waals surface area contributed by atoms with Gasteiger partial charge in [-0.05, 0) is 31.5 Å². The summed E-state index contributed by atoms with van der Waals surface area (Å²) in [5.41, 5.74) is 4.73. The van der Waals surface area contributed by atoms with E-state index in [1.165, 1.54) is 6.20 Å². The summed E-state index contributed by atoms with van der Waals surface area (Å²) in [5.74, 6) is -0.329. The van der Waals surface area contributed by atoms with E-state index in [-0.39, 0.29) is 11.8 Å². The minimum absolute atomic E-state index is 0.0607. The molecule has 0 atom stereocenters. The van der Waals surface area contributed by atoms with Crippen molar-refractivity contribution in [1.29, 1.82) is 0 Å². The Morgan fingerprint density at radius 3 is 2.30 bits per heavy atom. The Morgan fingerprint density at radius 2 is 1.63 bits per heavy atom. The number of Topliss-reactive ketones (excluding diaryl/α,β-unsaturated/α-hetero) is 1. The maximum atomic E-state index is 12.6. The second-order valence-corrected chi connectivity index (χ2v) is 6.28.